The molecule has 0 aromatic carbocycles. The lowest BCUT2D eigenvalue weighted by Crippen LogP contribution is -2.34. The first kappa shape index (κ1) is 8.96. The van der Waals surface area contributed by atoms with E-state index in [-0.39, 0.29) is 0 Å². The summed E-state index contributed by atoms with van der Waals surface area (Å²) in [6.07, 6.45) is 14.1. The maximum absolute atomic E-state index is 3.70. The molecule has 0 aromatic rings. The highest BCUT2D eigenvalue weighted by atomic mass is 15.0. The lowest BCUT2D eigenvalue weighted by molar-refractivity contribution is 0.469. The normalized spacial score (nSPS) is 37.9. The Labute approximate surface area is 87.0 Å². The molecule has 2 bridgehead atoms. The van der Waals surface area contributed by atoms with E-state index >= 15 is 0 Å². The average molecular weight is 191 g/mol. The first-order valence-electron chi connectivity index (χ1n) is 6.36. The third kappa shape index (κ3) is 1.75. The minimum atomic E-state index is 0.835. The topological polar surface area (TPSA) is 12.0 Å². The van der Waals surface area contributed by atoms with Gasteiger partial charge in [-0.1, -0.05) is 24.5 Å². The molecule has 1 nitrogen and oxygen atoms in total. The fraction of sp³-hybridized carbons (Fsp3) is 0.846. The van der Waals surface area contributed by atoms with E-state index in [4.69, 9.17) is 0 Å². The van der Waals surface area contributed by atoms with Gasteiger partial charge in [-0.2, -0.15) is 0 Å². The van der Waals surface area contributed by atoms with Crippen molar-refractivity contribution in [2.45, 2.75) is 63.5 Å². The summed E-state index contributed by atoms with van der Waals surface area (Å²) in [7, 11) is 0. The molecule has 3 fully saturated rings. The second-order valence-corrected chi connectivity index (χ2v) is 5.42. The van der Waals surface area contributed by atoms with Gasteiger partial charge in [-0.25, -0.2) is 0 Å². The van der Waals surface area contributed by atoms with Gasteiger partial charge in [0.1, 0.15) is 0 Å². The minimum absolute atomic E-state index is 0.835. The fourth-order valence-electron chi connectivity index (χ4n) is 3.53. The highest BCUT2D eigenvalue weighted by molar-refractivity contribution is 5.15. The molecule has 14 heavy (non-hydrogen) atoms. The van der Waals surface area contributed by atoms with Crippen LogP contribution in [0.3, 0.4) is 0 Å². The van der Waals surface area contributed by atoms with Crippen molar-refractivity contribution in [3.8, 4) is 0 Å². The molecule has 2 atom stereocenters. The zero-order valence-corrected chi connectivity index (χ0v) is 8.97. The van der Waals surface area contributed by atoms with E-state index in [0.29, 0.717) is 0 Å². The highest BCUT2D eigenvalue weighted by Crippen LogP contribution is 2.34. The van der Waals surface area contributed by atoms with Gasteiger partial charge in [0.05, 0.1) is 0 Å². The summed E-state index contributed by atoms with van der Waals surface area (Å²) in [5.74, 6) is 0.947. The Morgan fingerprint density at radius 3 is 2.21 bits per heavy atom. The van der Waals surface area contributed by atoms with Crippen molar-refractivity contribution in [1.82, 2.24) is 5.32 Å². The third-order valence-corrected chi connectivity index (χ3v) is 4.22. The Morgan fingerprint density at radius 2 is 1.57 bits per heavy atom. The van der Waals surface area contributed by atoms with Crippen molar-refractivity contribution in [3.05, 3.63) is 11.6 Å². The fourth-order valence-corrected chi connectivity index (χ4v) is 3.53. The quantitative estimate of drug-likeness (QED) is 0.628. The van der Waals surface area contributed by atoms with Crippen molar-refractivity contribution in [3.63, 3.8) is 0 Å². The van der Waals surface area contributed by atoms with Gasteiger partial charge in [0, 0.05) is 12.1 Å². The van der Waals surface area contributed by atoms with E-state index in [9.17, 15) is 0 Å². The SMILES string of the molecule is C(=C1CC2CCC(C1)N2)C1CCCC1. The van der Waals surface area contributed by atoms with Crippen molar-refractivity contribution < 1.29 is 0 Å². The van der Waals surface area contributed by atoms with Gasteiger partial charge >= 0.3 is 0 Å². The van der Waals surface area contributed by atoms with Gasteiger partial charge in [0.2, 0.25) is 0 Å². The zero-order chi connectivity index (χ0) is 9.38. The Balaban J connectivity index is 1.67. The van der Waals surface area contributed by atoms with Crippen molar-refractivity contribution in [2.75, 3.05) is 0 Å². The van der Waals surface area contributed by atoms with Crippen LogP contribution >= 0.6 is 0 Å². The van der Waals surface area contributed by atoms with Crippen LogP contribution in [0.2, 0.25) is 0 Å². The Kier molecular flexibility index (Phi) is 2.36. The Bertz CT molecular complexity index is 224. The molecule has 2 aliphatic heterocycles. The summed E-state index contributed by atoms with van der Waals surface area (Å²) in [6, 6.07) is 1.67. The molecule has 0 radical (unpaired) electrons. The minimum Gasteiger partial charge on any atom is -0.311 e. The summed E-state index contributed by atoms with van der Waals surface area (Å²) in [5.41, 5.74) is 1.78. The number of hydrogen-bond donors (Lipinski definition) is 1. The summed E-state index contributed by atoms with van der Waals surface area (Å²) in [4.78, 5) is 0. The molecule has 1 N–H and O–H groups in total. The summed E-state index contributed by atoms with van der Waals surface area (Å²) < 4.78 is 0. The molecule has 2 heterocycles. The number of rotatable bonds is 1. The molecule has 1 saturated carbocycles. The van der Waals surface area contributed by atoms with Crippen molar-refractivity contribution in [1.29, 1.82) is 0 Å². The van der Waals surface area contributed by atoms with Crippen molar-refractivity contribution in [2.24, 2.45) is 5.92 Å². The molecule has 1 aliphatic carbocycles. The van der Waals surface area contributed by atoms with Gasteiger partial charge in [-0.15, -0.1) is 0 Å². The standard InChI is InChI=1S/C13H21N/c1-2-4-10(3-1)7-11-8-12-5-6-13(9-11)14-12/h7,10,12-14H,1-6,8-9H2. The number of piperidine rings is 1. The lowest BCUT2D eigenvalue weighted by Gasteiger charge is -2.24. The van der Waals surface area contributed by atoms with Crippen LogP contribution in [0.15, 0.2) is 11.6 Å². The van der Waals surface area contributed by atoms with Crippen LogP contribution in [0.5, 0.6) is 0 Å². The summed E-state index contributed by atoms with van der Waals surface area (Å²) in [6.45, 7) is 0. The van der Waals surface area contributed by atoms with Gasteiger partial charge in [-0.05, 0) is 44.4 Å². The van der Waals surface area contributed by atoms with Gasteiger partial charge in [0.25, 0.3) is 0 Å². The van der Waals surface area contributed by atoms with E-state index in [0.717, 1.165) is 18.0 Å². The molecular formula is C13H21N. The smallest absolute Gasteiger partial charge is 0.0107 e. The zero-order valence-electron chi connectivity index (χ0n) is 8.97. The first-order chi connectivity index (χ1) is 6.90. The van der Waals surface area contributed by atoms with E-state index < -0.39 is 0 Å². The summed E-state index contributed by atoms with van der Waals surface area (Å²) in [5, 5.41) is 3.70. The molecule has 3 rings (SSSR count). The molecule has 0 amide bonds. The monoisotopic (exact) mass is 191 g/mol. The van der Waals surface area contributed by atoms with Crippen LogP contribution in [-0.4, -0.2) is 12.1 Å². The van der Waals surface area contributed by atoms with Gasteiger partial charge in [0.15, 0.2) is 0 Å². The molecule has 0 spiro atoms. The van der Waals surface area contributed by atoms with Crippen LogP contribution < -0.4 is 5.32 Å². The number of hydrogen-bond acceptors (Lipinski definition) is 1. The maximum atomic E-state index is 3.70. The van der Waals surface area contributed by atoms with E-state index in [2.05, 4.69) is 11.4 Å². The second kappa shape index (κ2) is 3.69. The molecule has 2 unspecified atom stereocenters. The van der Waals surface area contributed by atoms with Gasteiger partial charge in [-0.3, -0.25) is 0 Å². The molecule has 0 aromatic heterocycles. The number of fused-ring (bicyclic) bond motifs is 2. The first-order valence-corrected chi connectivity index (χ1v) is 6.36. The largest absolute Gasteiger partial charge is 0.311 e. The molecular weight excluding hydrogens is 170 g/mol. The predicted molar refractivity (Wildman–Crippen MR) is 59.2 cm³/mol. The number of allylic oxidation sites excluding steroid dienone is 1. The van der Waals surface area contributed by atoms with E-state index in [1.165, 1.54) is 51.4 Å². The molecule has 1 heteroatoms. The van der Waals surface area contributed by atoms with Crippen LogP contribution in [0.25, 0.3) is 0 Å². The van der Waals surface area contributed by atoms with E-state index in [1.807, 2.05) is 0 Å². The highest BCUT2D eigenvalue weighted by Gasteiger charge is 2.30. The second-order valence-electron chi connectivity index (χ2n) is 5.42. The Morgan fingerprint density at radius 1 is 0.929 bits per heavy atom. The Hall–Kier alpha value is -0.300. The predicted octanol–water partition coefficient (Wildman–Crippen LogP) is 3.02. The van der Waals surface area contributed by atoms with Crippen LogP contribution in [0, 0.1) is 5.92 Å². The molecule has 78 valence electrons. The summed E-state index contributed by atoms with van der Waals surface area (Å²) >= 11 is 0. The van der Waals surface area contributed by atoms with Crippen molar-refractivity contribution >= 4 is 0 Å². The van der Waals surface area contributed by atoms with Gasteiger partial charge < -0.3 is 5.32 Å². The lowest BCUT2D eigenvalue weighted by atomic mass is 9.94. The molecule has 2 saturated heterocycles. The number of nitrogens with one attached hydrogen (secondary N) is 1. The third-order valence-electron chi connectivity index (χ3n) is 4.22. The van der Waals surface area contributed by atoms with Crippen LogP contribution in [0.1, 0.15) is 51.4 Å². The average Bonchev–Trinajstić information content (AvgIpc) is 2.77. The van der Waals surface area contributed by atoms with Crippen LogP contribution in [0.4, 0.5) is 0 Å². The van der Waals surface area contributed by atoms with E-state index in [1.54, 1.807) is 5.57 Å². The van der Waals surface area contributed by atoms with Crippen LogP contribution in [-0.2, 0) is 0 Å². The molecule has 3 aliphatic rings. The maximum Gasteiger partial charge on any atom is 0.0107 e.